The van der Waals surface area contributed by atoms with E-state index in [-0.39, 0.29) is 10.6 Å². The first-order chi connectivity index (χ1) is 9.36. The number of hydrogen-bond donors (Lipinski definition) is 2. The Morgan fingerprint density at radius 2 is 2.20 bits per heavy atom. The number of hydrogen-bond acceptors (Lipinski definition) is 5. The molecule has 0 aliphatic heterocycles. The number of nitrogens with zero attached hydrogens (tertiary/aromatic N) is 3. The highest BCUT2D eigenvalue weighted by Crippen LogP contribution is 2.17. The van der Waals surface area contributed by atoms with Gasteiger partial charge in [-0.25, -0.2) is 22.9 Å². The van der Waals surface area contributed by atoms with Gasteiger partial charge in [0.15, 0.2) is 5.82 Å². The molecule has 0 saturated carbocycles. The molecule has 7 nitrogen and oxygen atoms in total. The van der Waals surface area contributed by atoms with Crippen LogP contribution >= 0.6 is 0 Å². The van der Waals surface area contributed by atoms with E-state index in [1.165, 1.54) is 12.1 Å². The van der Waals surface area contributed by atoms with Gasteiger partial charge in [-0.15, -0.1) is 0 Å². The molecule has 20 heavy (non-hydrogen) atoms. The first-order valence-electron chi connectivity index (χ1n) is 5.77. The second kappa shape index (κ2) is 5.55. The second-order valence-electron chi connectivity index (χ2n) is 4.20. The van der Waals surface area contributed by atoms with Gasteiger partial charge in [0.1, 0.15) is 12.1 Å². The number of nitrogens with two attached hydrogens (primary N) is 1. The molecule has 0 bridgehead atoms. The fraction of sp³-hybridized carbons (Fsp3) is 0.273. The Morgan fingerprint density at radius 1 is 1.45 bits per heavy atom. The van der Waals surface area contributed by atoms with Gasteiger partial charge in [0.25, 0.3) is 0 Å². The standard InChI is InChI=1S/C11H14FN5O2S/c1-17-7-15-11(16-17)4-5-14-10-3-2-8(6-9(10)12)20(13,18)19/h2-3,6-7,14H,4-5H2,1H3,(H2,13,18,19). The van der Waals surface area contributed by atoms with E-state index in [1.807, 2.05) is 0 Å². The van der Waals surface area contributed by atoms with Crippen molar-refractivity contribution in [1.82, 2.24) is 14.8 Å². The van der Waals surface area contributed by atoms with E-state index in [0.29, 0.717) is 18.8 Å². The first-order valence-corrected chi connectivity index (χ1v) is 7.31. The molecule has 2 rings (SSSR count). The summed E-state index contributed by atoms with van der Waals surface area (Å²) in [5.41, 5.74) is 0.202. The average Bonchev–Trinajstić information content (AvgIpc) is 2.76. The monoisotopic (exact) mass is 299 g/mol. The van der Waals surface area contributed by atoms with Gasteiger partial charge in [-0.2, -0.15) is 5.10 Å². The summed E-state index contributed by atoms with van der Waals surface area (Å²) in [6, 6.07) is 3.47. The molecular weight excluding hydrogens is 285 g/mol. The lowest BCUT2D eigenvalue weighted by Crippen LogP contribution is -2.13. The molecule has 0 radical (unpaired) electrons. The molecule has 1 aromatic heterocycles. The summed E-state index contributed by atoms with van der Waals surface area (Å²) >= 11 is 0. The van der Waals surface area contributed by atoms with Crippen LogP contribution in [0.1, 0.15) is 5.82 Å². The zero-order valence-corrected chi connectivity index (χ0v) is 11.6. The van der Waals surface area contributed by atoms with Crippen LogP contribution in [0.2, 0.25) is 0 Å². The van der Waals surface area contributed by atoms with E-state index in [4.69, 9.17) is 5.14 Å². The van der Waals surface area contributed by atoms with Gasteiger partial charge in [0.05, 0.1) is 10.6 Å². The fourth-order valence-corrected chi connectivity index (χ4v) is 2.15. The van der Waals surface area contributed by atoms with Crippen molar-refractivity contribution in [3.63, 3.8) is 0 Å². The van der Waals surface area contributed by atoms with Crippen LogP contribution in [0, 0.1) is 5.82 Å². The van der Waals surface area contributed by atoms with Gasteiger partial charge in [-0.3, -0.25) is 4.68 Å². The van der Waals surface area contributed by atoms with Gasteiger partial charge in [0, 0.05) is 20.0 Å². The minimum Gasteiger partial charge on any atom is -0.382 e. The molecule has 1 heterocycles. The highest BCUT2D eigenvalue weighted by Gasteiger charge is 2.11. The Hall–Kier alpha value is -2.00. The smallest absolute Gasteiger partial charge is 0.238 e. The van der Waals surface area contributed by atoms with Crippen LogP contribution in [-0.2, 0) is 23.5 Å². The summed E-state index contributed by atoms with van der Waals surface area (Å²) in [6.07, 6.45) is 2.11. The number of benzene rings is 1. The molecule has 0 aliphatic rings. The van der Waals surface area contributed by atoms with Gasteiger partial charge >= 0.3 is 0 Å². The van der Waals surface area contributed by atoms with Crippen LogP contribution < -0.4 is 10.5 Å². The molecule has 0 aliphatic carbocycles. The van der Waals surface area contributed by atoms with Crippen LogP contribution in [0.3, 0.4) is 0 Å². The van der Waals surface area contributed by atoms with Crippen LogP contribution in [0.4, 0.5) is 10.1 Å². The number of sulfonamides is 1. The third-order valence-electron chi connectivity index (χ3n) is 2.58. The first kappa shape index (κ1) is 14.4. The highest BCUT2D eigenvalue weighted by molar-refractivity contribution is 7.89. The number of rotatable bonds is 5. The van der Waals surface area contributed by atoms with Crippen molar-refractivity contribution in [2.45, 2.75) is 11.3 Å². The topological polar surface area (TPSA) is 103 Å². The molecule has 108 valence electrons. The number of aryl methyl sites for hydroxylation is 1. The summed E-state index contributed by atoms with van der Waals surface area (Å²) in [7, 11) is -2.13. The molecule has 3 N–H and O–H groups in total. The Morgan fingerprint density at radius 3 is 2.75 bits per heavy atom. The van der Waals surface area contributed by atoms with E-state index in [9.17, 15) is 12.8 Å². The molecule has 9 heteroatoms. The quantitative estimate of drug-likeness (QED) is 0.824. The highest BCUT2D eigenvalue weighted by atomic mass is 32.2. The maximum Gasteiger partial charge on any atom is 0.238 e. The molecule has 2 aromatic rings. The van der Waals surface area contributed by atoms with E-state index in [1.54, 1.807) is 18.1 Å². The van der Waals surface area contributed by atoms with Gasteiger partial charge in [-0.1, -0.05) is 0 Å². The zero-order valence-electron chi connectivity index (χ0n) is 10.7. The van der Waals surface area contributed by atoms with Crippen LogP contribution in [0.5, 0.6) is 0 Å². The molecule has 0 saturated heterocycles. The summed E-state index contributed by atoms with van der Waals surface area (Å²) in [4.78, 5) is 3.78. The largest absolute Gasteiger partial charge is 0.382 e. The molecule has 0 spiro atoms. The minimum atomic E-state index is -3.89. The number of anilines is 1. The SMILES string of the molecule is Cn1cnc(CCNc2ccc(S(N)(=O)=O)cc2F)n1. The molecule has 0 fully saturated rings. The lowest BCUT2D eigenvalue weighted by atomic mass is 10.3. The molecule has 0 atom stereocenters. The normalized spacial score (nSPS) is 11.6. The summed E-state index contributed by atoms with van der Waals surface area (Å²) in [5, 5.41) is 11.9. The third-order valence-corrected chi connectivity index (χ3v) is 3.49. The number of nitrogens with one attached hydrogen (secondary N) is 1. The van der Waals surface area contributed by atoms with Crippen molar-refractivity contribution in [3.05, 3.63) is 36.2 Å². The predicted molar refractivity (Wildman–Crippen MR) is 71.0 cm³/mol. The summed E-state index contributed by atoms with van der Waals surface area (Å²) in [6.45, 7) is 0.426. The second-order valence-corrected chi connectivity index (χ2v) is 5.76. The van der Waals surface area contributed by atoms with Gasteiger partial charge in [-0.05, 0) is 18.2 Å². The lowest BCUT2D eigenvalue weighted by Gasteiger charge is -2.07. The Labute approximate surface area is 115 Å². The molecular formula is C11H14FN5O2S. The Bertz CT molecular complexity index is 713. The number of aromatic nitrogens is 3. The lowest BCUT2D eigenvalue weighted by molar-refractivity contribution is 0.593. The Balaban J connectivity index is 2.00. The number of halogens is 1. The zero-order chi connectivity index (χ0) is 14.8. The van der Waals surface area contributed by atoms with Crippen LogP contribution in [0.25, 0.3) is 0 Å². The summed E-state index contributed by atoms with van der Waals surface area (Å²) in [5.74, 6) is -0.0351. The maximum atomic E-state index is 13.7. The van der Waals surface area contributed by atoms with E-state index < -0.39 is 15.8 Å². The third kappa shape index (κ3) is 3.52. The molecule has 0 amide bonds. The Kier molecular flexibility index (Phi) is 4.00. The molecule has 0 unspecified atom stereocenters. The van der Waals surface area contributed by atoms with Crippen molar-refractivity contribution >= 4 is 15.7 Å². The van der Waals surface area contributed by atoms with E-state index in [0.717, 1.165) is 6.07 Å². The average molecular weight is 299 g/mol. The van der Waals surface area contributed by atoms with Crippen molar-refractivity contribution in [2.24, 2.45) is 12.2 Å². The minimum absolute atomic E-state index is 0.202. The van der Waals surface area contributed by atoms with Crippen molar-refractivity contribution < 1.29 is 12.8 Å². The van der Waals surface area contributed by atoms with Crippen molar-refractivity contribution in [3.8, 4) is 0 Å². The predicted octanol–water partition coefficient (Wildman–Crippen LogP) is 0.256. The van der Waals surface area contributed by atoms with Crippen LogP contribution in [0.15, 0.2) is 29.4 Å². The summed E-state index contributed by atoms with van der Waals surface area (Å²) < 4.78 is 37.4. The van der Waals surface area contributed by atoms with Crippen molar-refractivity contribution in [1.29, 1.82) is 0 Å². The maximum absolute atomic E-state index is 13.7. The fourth-order valence-electron chi connectivity index (χ4n) is 1.62. The number of primary sulfonamides is 1. The van der Waals surface area contributed by atoms with E-state index >= 15 is 0 Å². The van der Waals surface area contributed by atoms with E-state index in [2.05, 4.69) is 15.4 Å². The molecule has 1 aromatic carbocycles. The van der Waals surface area contributed by atoms with Gasteiger partial charge < -0.3 is 5.32 Å². The van der Waals surface area contributed by atoms with Crippen molar-refractivity contribution in [2.75, 3.05) is 11.9 Å². The van der Waals surface area contributed by atoms with Crippen LogP contribution in [-0.4, -0.2) is 29.7 Å². The van der Waals surface area contributed by atoms with Gasteiger partial charge in [0.2, 0.25) is 10.0 Å².